The minimum absolute atomic E-state index is 0.119. The molecule has 0 N–H and O–H groups in total. The Morgan fingerprint density at radius 2 is 1.12 bits per heavy atom. The molecular weight excluding hydrogens is 801 g/mol. The normalized spacial score (nSPS) is 11.9. The zero-order chi connectivity index (χ0) is 43.9. The van der Waals surface area contributed by atoms with E-state index in [9.17, 15) is 0 Å². The fourth-order valence-electron chi connectivity index (χ4n) is 4.07. The Kier molecular flexibility index (Phi) is 20.6. The molecule has 0 aliphatic heterocycles. The van der Waals surface area contributed by atoms with Gasteiger partial charge in [-0.05, 0) is 48.4 Å². The summed E-state index contributed by atoms with van der Waals surface area (Å²) in [4.78, 5) is 22.3. The second-order valence-corrected chi connectivity index (χ2v) is 23.6. The highest BCUT2D eigenvalue weighted by Gasteiger charge is 2.20. The number of rotatable bonds is 0. The van der Waals surface area contributed by atoms with Gasteiger partial charge in [-0.15, -0.1) is 39.1 Å². The van der Waals surface area contributed by atoms with Crippen molar-refractivity contribution < 1.29 is 0 Å². The summed E-state index contributed by atoms with van der Waals surface area (Å²) in [5.41, 5.74) is 8.71. The zero-order valence-corrected chi connectivity index (χ0v) is 42.5. The topological polar surface area (TPSA) is 103 Å². The first-order valence-electron chi connectivity index (χ1n) is 19.1. The van der Waals surface area contributed by atoms with Crippen molar-refractivity contribution in [2.24, 2.45) is 0 Å². The van der Waals surface area contributed by atoms with Crippen molar-refractivity contribution in [2.45, 2.75) is 171 Å². The Bertz CT molecular complexity index is 1780. The summed E-state index contributed by atoms with van der Waals surface area (Å²) in [5, 5.41) is 14.6. The van der Waals surface area contributed by atoms with Crippen LogP contribution in [-0.4, -0.2) is 38.9 Å². The SMILES string of the molecule is CC(C)(C)c1ccsn1.CC(C)(C)c1cnccn1.CC(C)(C)c1cscn1.CC(C)(C)c1nccs1.Cc1csc(C(C)(C)C)n1.Cc1nnsc1C(C)(C)C. The number of nitrogens with zero attached hydrogens (tertiary/aromatic N) is 8. The number of hydrogen-bond acceptors (Lipinski definition) is 13. The molecule has 0 aromatic carbocycles. The van der Waals surface area contributed by atoms with Gasteiger partial charge < -0.3 is 0 Å². The highest BCUT2D eigenvalue weighted by Crippen LogP contribution is 2.28. The van der Waals surface area contributed by atoms with Crippen LogP contribution < -0.4 is 0 Å². The van der Waals surface area contributed by atoms with Gasteiger partial charge in [0.25, 0.3) is 0 Å². The highest BCUT2D eigenvalue weighted by molar-refractivity contribution is 7.10. The van der Waals surface area contributed by atoms with E-state index in [1.165, 1.54) is 49.3 Å². The molecule has 0 atom stereocenters. The molecule has 0 bridgehead atoms. The monoisotopic (exact) mass is 870 g/mol. The van der Waals surface area contributed by atoms with Gasteiger partial charge in [-0.2, -0.15) is 4.37 Å². The number of thiazole rings is 3. The number of aryl methyl sites for hydroxylation is 2. The van der Waals surface area contributed by atoms with Crippen LogP contribution in [0.3, 0.4) is 0 Å². The van der Waals surface area contributed by atoms with Crippen LogP contribution in [-0.2, 0) is 32.5 Å². The van der Waals surface area contributed by atoms with Crippen LogP contribution in [0, 0.1) is 13.8 Å². The molecule has 0 radical (unpaired) electrons. The molecule has 0 amide bonds. The van der Waals surface area contributed by atoms with Crippen LogP contribution in [0.5, 0.6) is 0 Å². The van der Waals surface area contributed by atoms with Crippen molar-refractivity contribution in [3.05, 3.63) is 101 Å². The maximum atomic E-state index is 4.40. The van der Waals surface area contributed by atoms with E-state index in [4.69, 9.17) is 0 Å². The van der Waals surface area contributed by atoms with Crippen molar-refractivity contribution in [3.8, 4) is 0 Å². The molecular formula is C44H70N8S5. The van der Waals surface area contributed by atoms with Gasteiger partial charge in [0.2, 0.25) is 0 Å². The Labute approximate surface area is 365 Å². The van der Waals surface area contributed by atoms with E-state index in [0.717, 1.165) is 17.1 Å². The first-order chi connectivity index (χ1) is 25.9. The third-order valence-electron chi connectivity index (χ3n) is 7.41. The molecule has 6 heterocycles. The van der Waals surface area contributed by atoms with Crippen molar-refractivity contribution in [1.29, 1.82) is 0 Å². The van der Waals surface area contributed by atoms with Crippen LogP contribution in [0.25, 0.3) is 0 Å². The number of hydrogen-bond donors (Lipinski definition) is 0. The summed E-state index contributed by atoms with van der Waals surface area (Å²) in [7, 11) is 0. The molecule has 0 unspecified atom stereocenters. The summed E-state index contributed by atoms with van der Waals surface area (Å²) in [5.74, 6) is 0. The van der Waals surface area contributed by atoms with Crippen LogP contribution in [0.15, 0.2) is 57.9 Å². The van der Waals surface area contributed by atoms with E-state index in [-0.39, 0.29) is 32.5 Å². The summed E-state index contributed by atoms with van der Waals surface area (Å²) < 4.78 is 8.11. The molecule has 13 heteroatoms. The lowest BCUT2D eigenvalue weighted by Gasteiger charge is -2.15. The van der Waals surface area contributed by atoms with Gasteiger partial charge in [0.1, 0.15) is 0 Å². The smallest absolute Gasteiger partial charge is 0.0981 e. The average Bonchev–Trinajstić information content (AvgIpc) is 3.91. The van der Waals surface area contributed by atoms with Gasteiger partial charge in [-0.3, -0.25) is 9.97 Å². The fraction of sp³-hybridized carbons (Fsp3) is 0.591. The maximum Gasteiger partial charge on any atom is 0.0981 e. The van der Waals surface area contributed by atoms with E-state index in [0.29, 0.717) is 0 Å². The molecule has 6 aromatic heterocycles. The average molecular weight is 871 g/mol. The Morgan fingerprint density at radius 1 is 0.526 bits per heavy atom. The second-order valence-electron chi connectivity index (χ2n) is 19.7. The third kappa shape index (κ3) is 21.1. The third-order valence-corrected chi connectivity index (χ3v) is 12.4. The maximum absolute atomic E-state index is 4.40. The number of aromatic nitrogens is 8. The first-order valence-corrected chi connectivity index (χ1v) is 23.4. The summed E-state index contributed by atoms with van der Waals surface area (Å²) in [6.07, 6.45) is 7.07. The van der Waals surface area contributed by atoms with E-state index in [1.807, 2.05) is 36.3 Å². The Hall–Kier alpha value is -2.84. The van der Waals surface area contributed by atoms with Gasteiger partial charge >= 0.3 is 0 Å². The molecule has 0 aliphatic rings. The van der Waals surface area contributed by atoms with Gasteiger partial charge in [0.05, 0.1) is 43.2 Å². The van der Waals surface area contributed by atoms with Gasteiger partial charge in [-0.1, -0.05) is 129 Å². The predicted octanol–water partition coefficient (Wildman–Crippen LogP) is 14.0. The largest absolute Gasteiger partial charge is 0.261 e. The molecule has 0 saturated carbocycles. The molecule has 0 spiro atoms. The summed E-state index contributed by atoms with van der Waals surface area (Å²) in [6.45, 7) is 43.0. The standard InChI is InChI=1S/C8H12N2.C8H13NS.C7H12N2S.3C7H11NS/c1-8(2,3)7-6-9-4-5-10-7;1-6-5-10-7(9-6)8(2,3)4;1-5-6(7(2,3)4)10-9-8-5;1-7(2,3)6-4-9-5-8-6;1-7(2,3)6-8-4-5-9-6;1-7(2,3)6-4-5-9-8-6/h4-6H,1-3H3;5H,1-4H3;1-4H3;3*4-5H,1-3H3. The van der Waals surface area contributed by atoms with E-state index in [2.05, 4.69) is 180 Å². The molecule has 316 valence electrons. The fourth-order valence-corrected chi connectivity index (χ4v) is 7.85. The van der Waals surface area contributed by atoms with E-state index < -0.39 is 0 Å². The van der Waals surface area contributed by atoms with Crippen LogP contribution in [0.2, 0.25) is 0 Å². The molecule has 0 fully saturated rings. The minimum Gasteiger partial charge on any atom is -0.261 e. The molecule has 6 rings (SSSR count). The van der Waals surface area contributed by atoms with Crippen molar-refractivity contribution >= 4 is 57.1 Å². The van der Waals surface area contributed by atoms with Gasteiger partial charge in [-0.25, -0.2) is 15.0 Å². The van der Waals surface area contributed by atoms with Crippen LogP contribution >= 0.6 is 57.1 Å². The lowest BCUT2D eigenvalue weighted by Crippen LogP contribution is -2.13. The molecule has 0 saturated heterocycles. The zero-order valence-electron chi connectivity index (χ0n) is 38.4. The minimum atomic E-state index is 0.119. The lowest BCUT2D eigenvalue weighted by atomic mass is 9.93. The lowest BCUT2D eigenvalue weighted by molar-refractivity contribution is 0.565. The Morgan fingerprint density at radius 3 is 1.35 bits per heavy atom. The molecule has 57 heavy (non-hydrogen) atoms. The van der Waals surface area contributed by atoms with Gasteiger partial charge in [0.15, 0.2) is 0 Å². The first kappa shape index (κ1) is 52.2. The van der Waals surface area contributed by atoms with Crippen molar-refractivity contribution in [3.63, 3.8) is 0 Å². The van der Waals surface area contributed by atoms with Gasteiger partial charge in [0, 0.05) is 79.1 Å². The van der Waals surface area contributed by atoms with Crippen molar-refractivity contribution in [2.75, 3.05) is 0 Å². The van der Waals surface area contributed by atoms with E-state index >= 15 is 0 Å². The predicted molar refractivity (Wildman–Crippen MR) is 252 cm³/mol. The van der Waals surface area contributed by atoms with Crippen LogP contribution in [0.4, 0.5) is 0 Å². The molecule has 8 nitrogen and oxygen atoms in total. The molecule has 0 aliphatic carbocycles. The molecule has 6 aromatic rings. The summed E-state index contributed by atoms with van der Waals surface area (Å²) >= 11 is 8.13. The van der Waals surface area contributed by atoms with Crippen LogP contribution in [0.1, 0.15) is 168 Å². The van der Waals surface area contributed by atoms with Crippen molar-refractivity contribution in [1.82, 2.24) is 38.9 Å². The quantitative estimate of drug-likeness (QED) is 0.149. The summed E-state index contributed by atoms with van der Waals surface area (Å²) in [6, 6.07) is 2.07. The van der Waals surface area contributed by atoms with E-state index in [1.54, 1.807) is 52.6 Å². The second kappa shape index (κ2) is 22.5. The highest BCUT2D eigenvalue weighted by atomic mass is 32.1. The Balaban J connectivity index is 0.000000342.